The Morgan fingerprint density at radius 1 is 1.32 bits per heavy atom. The Labute approximate surface area is 136 Å². The lowest BCUT2D eigenvalue weighted by atomic mass is 10.2. The summed E-state index contributed by atoms with van der Waals surface area (Å²) in [5.41, 5.74) is 0.886. The van der Waals surface area contributed by atoms with Crippen LogP contribution in [0, 0.1) is 0 Å². The molecule has 0 saturated carbocycles. The maximum atomic E-state index is 11.9. The number of hydrogen-bond donors (Lipinski definition) is 1. The number of halogens is 1. The molecule has 114 valence electrons. The minimum atomic E-state index is -0.256. The highest BCUT2D eigenvalue weighted by molar-refractivity contribution is 7.18. The van der Waals surface area contributed by atoms with Gasteiger partial charge in [-0.3, -0.25) is 14.9 Å². The number of rotatable bonds is 4. The van der Waals surface area contributed by atoms with Crippen LogP contribution in [0.3, 0.4) is 0 Å². The van der Waals surface area contributed by atoms with Crippen LogP contribution >= 0.6 is 22.9 Å². The quantitative estimate of drug-likeness (QED) is 0.930. The van der Waals surface area contributed by atoms with Gasteiger partial charge in [-0.1, -0.05) is 35.1 Å². The molecular formula is C14H13ClN4O2S. The van der Waals surface area contributed by atoms with E-state index < -0.39 is 0 Å². The van der Waals surface area contributed by atoms with Crippen molar-refractivity contribution in [2.75, 3.05) is 18.4 Å². The second-order valence-electron chi connectivity index (χ2n) is 4.89. The second-order valence-corrected chi connectivity index (χ2v) is 6.30. The van der Waals surface area contributed by atoms with Gasteiger partial charge in [0, 0.05) is 23.6 Å². The molecule has 1 aliphatic heterocycles. The molecule has 0 bridgehead atoms. The van der Waals surface area contributed by atoms with Crippen LogP contribution in [0.4, 0.5) is 5.13 Å². The molecule has 22 heavy (non-hydrogen) atoms. The molecule has 1 fully saturated rings. The van der Waals surface area contributed by atoms with Gasteiger partial charge in [-0.05, 0) is 18.6 Å². The first-order chi connectivity index (χ1) is 10.6. The molecule has 2 amide bonds. The molecule has 2 aromatic rings. The molecule has 0 atom stereocenters. The van der Waals surface area contributed by atoms with Crippen LogP contribution in [0.5, 0.6) is 0 Å². The van der Waals surface area contributed by atoms with Gasteiger partial charge in [0.25, 0.3) is 0 Å². The van der Waals surface area contributed by atoms with E-state index in [0.717, 1.165) is 12.0 Å². The van der Waals surface area contributed by atoms with Crippen LogP contribution in [-0.2, 0) is 9.59 Å². The van der Waals surface area contributed by atoms with E-state index in [1.807, 2.05) is 12.1 Å². The van der Waals surface area contributed by atoms with Gasteiger partial charge in [0.15, 0.2) is 0 Å². The minimum Gasteiger partial charge on any atom is -0.333 e. The first-order valence-electron chi connectivity index (χ1n) is 6.79. The van der Waals surface area contributed by atoms with Crippen LogP contribution < -0.4 is 5.32 Å². The zero-order valence-corrected chi connectivity index (χ0v) is 13.2. The van der Waals surface area contributed by atoms with Crippen molar-refractivity contribution in [3.8, 4) is 10.6 Å². The van der Waals surface area contributed by atoms with E-state index in [2.05, 4.69) is 15.5 Å². The van der Waals surface area contributed by atoms with Crippen LogP contribution in [0.15, 0.2) is 24.3 Å². The zero-order valence-electron chi connectivity index (χ0n) is 11.6. The fourth-order valence-corrected chi connectivity index (χ4v) is 3.08. The van der Waals surface area contributed by atoms with E-state index in [9.17, 15) is 9.59 Å². The maximum absolute atomic E-state index is 11.9. The summed E-state index contributed by atoms with van der Waals surface area (Å²) in [6.45, 7) is 0.701. The molecule has 2 heterocycles. The molecule has 8 heteroatoms. The van der Waals surface area contributed by atoms with Crippen LogP contribution in [0.2, 0.25) is 5.02 Å². The molecule has 1 aromatic carbocycles. The Bertz CT molecular complexity index is 701. The number of hydrogen-bond acceptors (Lipinski definition) is 5. The molecule has 1 aromatic heterocycles. The van der Waals surface area contributed by atoms with Crippen molar-refractivity contribution in [2.45, 2.75) is 12.8 Å². The summed E-state index contributed by atoms with van der Waals surface area (Å²) < 4.78 is 0. The largest absolute Gasteiger partial charge is 0.333 e. The third kappa shape index (κ3) is 3.42. The summed E-state index contributed by atoms with van der Waals surface area (Å²) in [7, 11) is 0. The number of benzene rings is 1. The Morgan fingerprint density at radius 2 is 2.09 bits per heavy atom. The van der Waals surface area contributed by atoms with E-state index in [1.165, 1.54) is 11.3 Å². The van der Waals surface area contributed by atoms with Crippen LogP contribution in [0.25, 0.3) is 10.6 Å². The van der Waals surface area contributed by atoms with Gasteiger partial charge in [0.05, 0.1) is 6.54 Å². The molecule has 0 aliphatic carbocycles. The number of nitrogens with zero attached hydrogens (tertiary/aromatic N) is 3. The van der Waals surface area contributed by atoms with Gasteiger partial charge in [0.1, 0.15) is 5.01 Å². The maximum Gasteiger partial charge on any atom is 0.245 e. The van der Waals surface area contributed by atoms with E-state index in [1.54, 1.807) is 17.0 Å². The molecular weight excluding hydrogens is 324 g/mol. The fourth-order valence-electron chi connectivity index (χ4n) is 2.19. The highest BCUT2D eigenvalue weighted by atomic mass is 35.5. The van der Waals surface area contributed by atoms with Gasteiger partial charge < -0.3 is 4.90 Å². The van der Waals surface area contributed by atoms with Crippen molar-refractivity contribution in [3.05, 3.63) is 29.3 Å². The first-order valence-corrected chi connectivity index (χ1v) is 7.98. The lowest BCUT2D eigenvalue weighted by molar-refractivity contribution is -0.131. The van der Waals surface area contributed by atoms with Crippen LogP contribution in [0.1, 0.15) is 12.8 Å². The predicted octanol–water partition coefficient (Wildman–Crippen LogP) is 2.42. The van der Waals surface area contributed by atoms with Crippen molar-refractivity contribution in [1.29, 1.82) is 0 Å². The summed E-state index contributed by atoms with van der Waals surface area (Å²) in [6.07, 6.45) is 1.33. The van der Waals surface area contributed by atoms with Crippen molar-refractivity contribution < 1.29 is 9.59 Å². The number of anilines is 1. The predicted molar refractivity (Wildman–Crippen MR) is 84.8 cm³/mol. The van der Waals surface area contributed by atoms with Gasteiger partial charge >= 0.3 is 0 Å². The lowest BCUT2D eigenvalue weighted by Crippen LogP contribution is -2.33. The van der Waals surface area contributed by atoms with Gasteiger partial charge in [-0.2, -0.15) is 0 Å². The number of amides is 2. The molecule has 3 rings (SSSR count). The number of carbonyl (C=O) groups is 2. The average molecular weight is 337 g/mol. The third-order valence-electron chi connectivity index (χ3n) is 3.27. The fraction of sp³-hybridized carbons (Fsp3) is 0.286. The summed E-state index contributed by atoms with van der Waals surface area (Å²) >= 11 is 7.12. The van der Waals surface area contributed by atoms with Gasteiger partial charge in [0.2, 0.25) is 16.9 Å². The summed E-state index contributed by atoms with van der Waals surface area (Å²) in [5.74, 6) is -0.233. The molecule has 0 spiro atoms. The van der Waals surface area contributed by atoms with Crippen molar-refractivity contribution in [3.63, 3.8) is 0 Å². The van der Waals surface area contributed by atoms with E-state index in [-0.39, 0.29) is 18.4 Å². The number of carbonyl (C=O) groups excluding carboxylic acids is 2. The highest BCUT2D eigenvalue weighted by Gasteiger charge is 2.22. The Kier molecular flexibility index (Phi) is 4.35. The Hall–Kier alpha value is -1.99. The third-order valence-corrected chi connectivity index (χ3v) is 4.41. The van der Waals surface area contributed by atoms with E-state index in [0.29, 0.717) is 28.1 Å². The molecule has 1 aliphatic rings. The topological polar surface area (TPSA) is 75.2 Å². The first kappa shape index (κ1) is 14.9. The standard InChI is InChI=1S/C14H13ClN4O2S/c15-10-5-3-9(4-6-10)13-17-18-14(22-13)16-11(20)8-19-7-1-2-12(19)21/h3-6H,1-2,7-8H2,(H,16,18,20). The molecule has 1 N–H and O–H groups in total. The molecule has 0 unspecified atom stereocenters. The van der Waals surface area contributed by atoms with Crippen molar-refractivity contribution in [2.24, 2.45) is 0 Å². The Balaban J connectivity index is 1.62. The number of aromatic nitrogens is 2. The zero-order chi connectivity index (χ0) is 15.5. The highest BCUT2D eigenvalue weighted by Crippen LogP contribution is 2.27. The number of nitrogens with one attached hydrogen (secondary N) is 1. The van der Waals surface area contributed by atoms with Crippen LogP contribution in [-0.4, -0.2) is 40.0 Å². The second kappa shape index (κ2) is 6.41. The summed E-state index contributed by atoms with van der Waals surface area (Å²) in [6, 6.07) is 7.24. The van der Waals surface area contributed by atoms with E-state index >= 15 is 0 Å². The lowest BCUT2D eigenvalue weighted by Gasteiger charge is -2.13. The van der Waals surface area contributed by atoms with Gasteiger partial charge in [-0.15, -0.1) is 10.2 Å². The smallest absolute Gasteiger partial charge is 0.245 e. The van der Waals surface area contributed by atoms with Crippen molar-refractivity contribution in [1.82, 2.24) is 15.1 Å². The summed E-state index contributed by atoms with van der Waals surface area (Å²) in [5, 5.41) is 12.4. The summed E-state index contributed by atoms with van der Waals surface area (Å²) in [4.78, 5) is 25.0. The average Bonchev–Trinajstić information content (AvgIpc) is 3.10. The molecule has 1 saturated heterocycles. The van der Waals surface area contributed by atoms with Gasteiger partial charge in [-0.25, -0.2) is 0 Å². The van der Waals surface area contributed by atoms with Crippen molar-refractivity contribution >= 4 is 39.9 Å². The van der Waals surface area contributed by atoms with E-state index in [4.69, 9.17) is 11.6 Å². The minimum absolute atomic E-state index is 0.0225. The monoisotopic (exact) mass is 336 g/mol. The Morgan fingerprint density at radius 3 is 2.77 bits per heavy atom. The number of likely N-dealkylation sites (tertiary alicyclic amines) is 1. The molecule has 6 nitrogen and oxygen atoms in total. The normalized spacial score (nSPS) is 14.4. The SMILES string of the molecule is O=C(CN1CCCC1=O)Nc1nnc(-c2ccc(Cl)cc2)s1. The molecule has 0 radical (unpaired) electrons.